The maximum absolute atomic E-state index is 9.00. The maximum atomic E-state index is 9.00. The number of aliphatic carboxylic acids is 1. The molecule has 1 unspecified atom stereocenters. The summed E-state index contributed by atoms with van der Waals surface area (Å²) < 4.78 is 0. The van der Waals surface area contributed by atoms with Gasteiger partial charge in [-0.1, -0.05) is 0 Å². The molecule has 0 aromatic heterocycles. The summed E-state index contributed by atoms with van der Waals surface area (Å²) in [4.78, 5) is 17.9. The number of carboxylic acids is 1. The molecule has 1 aliphatic heterocycles. The van der Waals surface area contributed by atoms with Gasteiger partial charge in [-0.2, -0.15) is 0 Å². The number of carbonyl (C=O) groups is 1. The molecule has 0 saturated carbocycles. The van der Waals surface area contributed by atoms with Crippen LogP contribution < -0.4 is 0 Å². The van der Waals surface area contributed by atoms with E-state index in [1.165, 1.54) is 0 Å². The second kappa shape index (κ2) is 6.09. The molecule has 5 heteroatoms. The summed E-state index contributed by atoms with van der Waals surface area (Å²) >= 11 is 0. The van der Waals surface area contributed by atoms with Crippen LogP contribution in [0.5, 0.6) is 0 Å². The highest BCUT2D eigenvalue weighted by atomic mass is 17.2. The molecule has 0 radical (unpaired) electrons. The summed E-state index contributed by atoms with van der Waals surface area (Å²) in [5.41, 5.74) is 0. The minimum atomic E-state index is -0.833. The van der Waals surface area contributed by atoms with Crippen molar-refractivity contribution in [1.29, 1.82) is 0 Å². The van der Waals surface area contributed by atoms with Crippen LogP contribution in [0.4, 0.5) is 0 Å². The quantitative estimate of drug-likeness (QED) is 0.484. The average Bonchev–Trinajstić information content (AvgIpc) is 1.87. The topological polar surface area (TPSA) is 76.0 Å². The Hall–Kier alpha value is -0.650. The summed E-state index contributed by atoms with van der Waals surface area (Å²) in [6.07, 6.45) is 0.383. The first-order valence-electron chi connectivity index (χ1n) is 3.25. The highest BCUT2D eigenvalue weighted by Gasteiger charge is 2.09. The lowest BCUT2D eigenvalue weighted by atomic mass is 10.3. The van der Waals surface area contributed by atoms with Crippen LogP contribution in [-0.4, -0.2) is 35.5 Å². The highest BCUT2D eigenvalue weighted by molar-refractivity contribution is 5.62. The molecule has 0 aliphatic carbocycles. The molecule has 1 aliphatic rings. The molecule has 1 atom stereocenters. The van der Waals surface area contributed by atoms with E-state index in [1.807, 2.05) is 0 Å². The van der Waals surface area contributed by atoms with Crippen LogP contribution in [0.2, 0.25) is 0 Å². The lowest BCUT2D eigenvalue weighted by Gasteiger charge is -2.14. The van der Waals surface area contributed by atoms with Crippen LogP contribution in [0.1, 0.15) is 13.3 Å². The molecule has 0 aromatic rings. The van der Waals surface area contributed by atoms with E-state index >= 15 is 0 Å². The third-order valence-corrected chi connectivity index (χ3v) is 0.878. The van der Waals surface area contributed by atoms with E-state index in [0.717, 1.165) is 6.92 Å². The smallest absolute Gasteiger partial charge is 0.300 e. The summed E-state index contributed by atoms with van der Waals surface area (Å²) in [5.74, 6) is -0.833. The van der Waals surface area contributed by atoms with Crippen LogP contribution in [0.3, 0.4) is 0 Å². The Morgan fingerprint density at radius 2 is 2.09 bits per heavy atom. The van der Waals surface area contributed by atoms with Gasteiger partial charge in [0.1, 0.15) is 6.61 Å². The second-order valence-corrected chi connectivity index (χ2v) is 2.07. The molecule has 1 fully saturated rings. The zero-order valence-corrected chi connectivity index (χ0v) is 6.32. The summed E-state index contributed by atoms with van der Waals surface area (Å²) in [6, 6.07) is 0. The maximum Gasteiger partial charge on any atom is 0.300 e. The van der Waals surface area contributed by atoms with E-state index in [2.05, 4.69) is 9.78 Å². The van der Waals surface area contributed by atoms with Crippen molar-refractivity contribution in [2.24, 2.45) is 0 Å². The standard InChI is InChI=1S/C4H8O3.C2H4O2/c5-4-1-2-6-7-3-4;1-2(3)4/h4-5H,1-3H2;1H3,(H,3,4). The number of hydrogen-bond acceptors (Lipinski definition) is 4. The number of hydrogen-bond donors (Lipinski definition) is 2. The Bertz CT molecular complexity index is 104. The second-order valence-electron chi connectivity index (χ2n) is 2.07. The SMILES string of the molecule is CC(=O)O.OC1CCOOC1. The lowest BCUT2D eigenvalue weighted by molar-refractivity contribution is -0.329. The Labute approximate surface area is 64.5 Å². The van der Waals surface area contributed by atoms with Crippen molar-refractivity contribution in [2.45, 2.75) is 19.4 Å². The third-order valence-electron chi connectivity index (χ3n) is 0.878. The van der Waals surface area contributed by atoms with Crippen LogP contribution in [0.25, 0.3) is 0 Å². The zero-order chi connectivity index (χ0) is 8.69. The fourth-order valence-electron chi connectivity index (χ4n) is 0.453. The normalized spacial score (nSPS) is 23.3. The van der Waals surface area contributed by atoms with Gasteiger partial charge in [-0.3, -0.25) is 4.79 Å². The van der Waals surface area contributed by atoms with E-state index in [4.69, 9.17) is 15.0 Å². The summed E-state index contributed by atoms with van der Waals surface area (Å²) in [5, 5.41) is 16.1. The first-order valence-corrected chi connectivity index (χ1v) is 3.25. The molecule has 0 bridgehead atoms. The molecule has 1 heterocycles. The van der Waals surface area contributed by atoms with E-state index in [9.17, 15) is 0 Å². The fraction of sp³-hybridized carbons (Fsp3) is 0.833. The van der Waals surface area contributed by atoms with Crippen LogP contribution in [-0.2, 0) is 14.6 Å². The first kappa shape index (κ1) is 10.3. The van der Waals surface area contributed by atoms with Crippen LogP contribution in [0, 0.1) is 0 Å². The first-order chi connectivity index (χ1) is 5.13. The number of aliphatic hydroxyl groups is 1. The minimum absolute atomic E-state index is 0.311. The fourth-order valence-corrected chi connectivity index (χ4v) is 0.453. The van der Waals surface area contributed by atoms with Gasteiger partial charge in [-0.05, 0) is 0 Å². The lowest BCUT2D eigenvalue weighted by Crippen LogP contribution is -2.23. The molecule has 1 saturated heterocycles. The molecule has 66 valence electrons. The van der Waals surface area contributed by atoms with Gasteiger partial charge < -0.3 is 10.2 Å². The molecule has 0 amide bonds. The Morgan fingerprint density at radius 1 is 1.55 bits per heavy atom. The van der Waals surface area contributed by atoms with E-state index in [1.54, 1.807) is 0 Å². The Morgan fingerprint density at radius 3 is 2.27 bits per heavy atom. The number of aliphatic hydroxyl groups excluding tert-OH is 1. The van der Waals surface area contributed by atoms with Gasteiger partial charge in [-0.25, -0.2) is 9.78 Å². The van der Waals surface area contributed by atoms with Crippen molar-refractivity contribution in [2.75, 3.05) is 13.2 Å². The van der Waals surface area contributed by atoms with Gasteiger partial charge in [0.15, 0.2) is 0 Å². The van der Waals surface area contributed by atoms with Crippen molar-refractivity contribution in [3.05, 3.63) is 0 Å². The number of carboxylic acid groups (broad SMARTS) is 1. The monoisotopic (exact) mass is 164 g/mol. The zero-order valence-electron chi connectivity index (χ0n) is 6.32. The molecular formula is C6H12O5. The third kappa shape index (κ3) is 9.35. The van der Waals surface area contributed by atoms with Gasteiger partial charge in [-0.15, -0.1) is 0 Å². The van der Waals surface area contributed by atoms with E-state index < -0.39 is 5.97 Å². The molecular weight excluding hydrogens is 152 g/mol. The number of rotatable bonds is 0. The molecule has 11 heavy (non-hydrogen) atoms. The van der Waals surface area contributed by atoms with Crippen molar-refractivity contribution in [1.82, 2.24) is 0 Å². The van der Waals surface area contributed by atoms with Crippen molar-refractivity contribution >= 4 is 5.97 Å². The molecule has 0 spiro atoms. The Balaban J connectivity index is 0.000000218. The Kier molecular flexibility index (Phi) is 5.73. The van der Waals surface area contributed by atoms with Gasteiger partial charge in [0.25, 0.3) is 5.97 Å². The van der Waals surface area contributed by atoms with Crippen molar-refractivity contribution in [3.8, 4) is 0 Å². The molecule has 2 N–H and O–H groups in total. The van der Waals surface area contributed by atoms with Crippen LogP contribution >= 0.6 is 0 Å². The van der Waals surface area contributed by atoms with Gasteiger partial charge in [0, 0.05) is 13.3 Å². The predicted octanol–water partition coefficient (Wildman–Crippen LogP) is -0.210. The molecule has 1 rings (SSSR count). The summed E-state index contributed by atoms with van der Waals surface area (Å²) in [6.45, 7) is 1.92. The van der Waals surface area contributed by atoms with Gasteiger partial charge >= 0.3 is 0 Å². The average molecular weight is 164 g/mol. The highest BCUT2D eigenvalue weighted by Crippen LogP contribution is 1.99. The van der Waals surface area contributed by atoms with Gasteiger partial charge in [0.2, 0.25) is 0 Å². The van der Waals surface area contributed by atoms with Crippen molar-refractivity contribution in [3.63, 3.8) is 0 Å². The van der Waals surface area contributed by atoms with E-state index in [-0.39, 0.29) is 6.10 Å². The van der Waals surface area contributed by atoms with E-state index in [0.29, 0.717) is 19.6 Å². The summed E-state index contributed by atoms with van der Waals surface area (Å²) in [7, 11) is 0. The van der Waals surface area contributed by atoms with Crippen LogP contribution in [0.15, 0.2) is 0 Å². The van der Waals surface area contributed by atoms with Gasteiger partial charge in [0.05, 0.1) is 12.7 Å². The largest absolute Gasteiger partial charge is 0.481 e. The molecule has 0 aromatic carbocycles. The molecule has 5 nitrogen and oxygen atoms in total. The predicted molar refractivity (Wildman–Crippen MR) is 35.8 cm³/mol. The minimum Gasteiger partial charge on any atom is -0.481 e. The van der Waals surface area contributed by atoms with Crippen molar-refractivity contribution < 1.29 is 24.8 Å².